The zero-order valence-electron chi connectivity index (χ0n) is 19.0. The predicted octanol–water partition coefficient (Wildman–Crippen LogP) is 1.60. The first kappa shape index (κ1) is 23.7. The van der Waals surface area contributed by atoms with Gasteiger partial charge >= 0.3 is 0 Å². The highest BCUT2D eigenvalue weighted by molar-refractivity contribution is 6.06. The maximum Gasteiger partial charge on any atom is 0.273 e. The Labute approximate surface area is 188 Å². The lowest BCUT2D eigenvalue weighted by atomic mass is 9.86. The molecule has 1 aliphatic heterocycles. The van der Waals surface area contributed by atoms with E-state index in [-0.39, 0.29) is 18.9 Å². The molecule has 2 heterocycles. The molecule has 0 spiro atoms. The van der Waals surface area contributed by atoms with Crippen LogP contribution < -0.4 is 16.4 Å². The van der Waals surface area contributed by atoms with Crippen molar-refractivity contribution in [1.29, 1.82) is 0 Å². The van der Waals surface area contributed by atoms with E-state index in [1.807, 2.05) is 49.7 Å². The summed E-state index contributed by atoms with van der Waals surface area (Å²) in [5.41, 5.74) is 5.78. The van der Waals surface area contributed by atoms with E-state index in [1.165, 1.54) is 0 Å². The van der Waals surface area contributed by atoms with Crippen molar-refractivity contribution < 1.29 is 19.1 Å². The van der Waals surface area contributed by atoms with Crippen LogP contribution in [0.25, 0.3) is 10.9 Å². The van der Waals surface area contributed by atoms with Crippen molar-refractivity contribution in [3.63, 3.8) is 0 Å². The number of benzene rings is 1. The van der Waals surface area contributed by atoms with Crippen LogP contribution in [0.15, 0.2) is 24.3 Å². The van der Waals surface area contributed by atoms with Crippen LogP contribution in [0.3, 0.4) is 0 Å². The van der Waals surface area contributed by atoms with Crippen LogP contribution >= 0.6 is 0 Å². The molecule has 0 radical (unpaired) electrons. The Morgan fingerprint density at radius 2 is 1.91 bits per heavy atom. The van der Waals surface area contributed by atoms with Gasteiger partial charge in [0.15, 0.2) is 5.69 Å². The number of nitrogens with zero attached hydrogens (tertiary/aromatic N) is 2. The van der Waals surface area contributed by atoms with Crippen LogP contribution in [-0.4, -0.2) is 53.3 Å². The van der Waals surface area contributed by atoms with E-state index in [2.05, 4.69) is 15.7 Å². The van der Waals surface area contributed by atoms with Crippen LogP contribution in [0.5, 0.6) is 0 Å². The first-order valence-electron chi connectivity index (χ1n) is 11.1. The van der Waals surface area contributed by atoms with E-state index >= 15 is 0 Å². The molecule has 1 fully saturated rings. The standard InChI is InChI=1S/C23H33N5O4/c1-23(2,3)20(22(31)25-11-8-18(24)29)26-21(30)19-16-6-4-5-7-17(16)28(27-19)14-15-9-12-32-13-10-15/h4-7,15,20H,8-14H2,1-3H3,(H2,24,29)(H,25,31)(H,26,30). The van der Waals surface area contributed by atoms with Crippen molar-refractivity contribution in [2.75, 3.05) is 19.8 Å². The van der Waals surface area contributed by atoms with Gasteiger partial charge in [-0.05, 0) is 30.2 Å². The van der Waals surface area contributed by atoms with E-state index in [0.29, 0.717) is 18.2 Å². The molecule has 0 bridgehead atoms. The van der Waals surface area contributed by atoms with Gasteiger partial charge in [-0.2, -0.15) is 5.10 Å². The number of nitrogens with one attached hydrogen (secondary N) is 2. The van der Waals surface area contributed by atoms with Crippen LogP contribution in [0.2, 0.25) is 0 Å². The fraction of sp³-hybridized carbons (Fsp3) is 0.565. The first-order chi connectivity index (χ1) is 15.2. The highest BCUT2D eigenvalue weighted by atomic mass is 16.5. The van der Waals surface area contributed by atoms with Crippen molar-refractivity contribution in [3.05, 3.63) is 30.0 Å². The number of para-hydroxylation sites is 1. The second-order valence-electron chi connectivity index (χ2n) is 9.38. The van der Waals surface area contributed by atoms with Crippen molar-refractivity contribution in [2.24, 2.45) is 17.1 Å². The van der Waals surface area contributed by atoms with Crippen molar-refractivity contribution in [2.45, 2.75) is 52.6 Å². The minimum Gasteiger partial charge on any atom is -0.381 e. The summed E-state index contributed by atoms with van der Waals surface area (Å²) in [7, 11) is 0. The fourth-order valence-electron chi connectivity index (χ4n) is 3.89. The molecule has 1 saturated heterocycles. The topological polar surface area (TPSA) is 128 Å². The third-order valence-electron chi connectivity index (χ3n) is 5.72. The number of rotatable bonds is 8. The van der Waals surface area contributed by atoms with Crippen LogP contribution in [0, 0.1) is 11.3 Å². The SMILES string of the molecule is CC(C)(C)C(NC(=O)c1nn(CC2CCOCC2)c2ccccc12)C(=O)NCCC(N)=O. The number of hydrogen-bond acceptors (Lipinski definition) is 5. The lowest BCUT2D eigenvalue weighted by molar-refractivity contribution is -0.125. The fourth-order valence-corrected chi connectivity index (χ4v) is 3.89. The molecule has 0 aliphatic carbocycles. The van der Waals surface area contributed by atoms with Crippen LogP contribution in [-0.2, 0) is 20.9 Å². The highest BCUT2D eigenvalue weighted by Crippen LogP contribution is 2.24. The van der Waals surface area contributed by atoms with Gasteiger partial charge < -0.3 is 21.1 Å². The molecule has 32 heavy (non-hydrogen) atoms. The molecular weight excluding hydrogens is 410 g/mol. The maximum atomic E-state index is 13.2. The monoisotopic (exact) mass is 443 g/mol. The number of ether oxygens (including phenoxy) is 1. The van der Waals surface area contributed by atoms with Gasteiger partial charge in [-0.25, -0.2) is 0 Å². The third-order valence-corrected chi connectivity index (χ3v) is 5.72. The van der Waals surface area contributed by atoms with E-state index in [0.717, 1.165) is 37.0 Å². The van der Waals surface area contributed by atoms with Gasteiger partial charge in [-0.1, -0.05) is 39.0 Å². The van der Waals surface area contributed by atoms with Crippen molar-refractivity contribution in [3.8, 4) is 0 Å². The number of fused-ring (bicyclic) bond motifs is 1. The molecule has 3 amide bonds. The third kappa shape index (κ3) is 5.85. The van der Waals surface area contributed by atoms with Crippen molar-refractivity contribution in [1.82, 2.24) is 20.4 Å². The smallest absolute Gasteiger partial charge is 0.273 e. The molecule has 0 saturated carbocycles. The lowest BCUT2D eigenvalue weighted by Gasteiger charge is -2.30. The van der Waals surface area contributed by atoms with E-state index in [1.54, 1.807) is 0 Å². The lowest BCUT2D eigenvalue weighted by Crippen LogP contribution is -2.54. The van der Waals surface area contributed by atoms with Gasteiger partial charge in [0.05, 0.1) is 5.52 Å². The molecule has 174 valence electrons. The number of aromatic nitrogens is 2. The van der Waals surface area contributed by atoms with E-state index < -0.39 is 23.3 Å². The van der Waals surface area contributed by atoms with Gasteiger partial charge in [0.2, 0.25) is 11.8 Å². The highest BCUT2D eigenvalue weighted by Gasteiger charge is 2.34. The van der Waals surface area contributed by atoms with Crippen LogP contribution in [0.4, 0.5) is 0 Å². The molecule has 1 atom stereocenters. The number of carbonyl (C=O) groups excluding carboxylic acids is 3. The molecule has 9 nitrogen and oxygen atoms in total. The molecule has 1 aliphatic rings. The largest absolute Gasteiger partial charge is 0.381 e. The summed E-state index contributed by atoms with van der Waals surface area (Å²) >= 11 is 0. The Morgan fingerprint density at radius 1 is 1.22 bits per heavy atom. The zero-order chi connectivity index (χ0) is 23.3. The van der Waals surface area contributed by atoms with Gasteiger partial charge in [-0.3, -0.25) is 19.1 Å². The Hall–Kier alpha value is -2.94. The average Bonchev–Trinajstić information content (AvgIpc) is 3.10. The Bertz CT molecular complexity index is 972. The molecule has 4 N–H and O–H groups in total. The number of nitrogens with two attached hydrogens (primary N) is 1. The van der Waals surface area contributed by atoms with Gasteiger partial charge in [0, 0.05) is 38.1 Å². The number of carbonyl (C=O) groups is 3. The second-order valence-corrected chi connectivity index (χ2v) is 9.38. The molecule has 2 aromatic rings. The summed E-state index contributed by atoms with van der Waals surface area (Å²) in [4.78, 5) is 37.0. The zero-order valence-corrected chi connectivity index (χ0v) is 19.0. The quantitative estimate of drug-likeness (QED) is 0.571. The normalized spacial score (nSPS) is 16.0. The summed E-state index contributed by atoms with van der Waals surface area (Å²) in [6.45, 7) is 7.94. The summed E-state index contributed by atoms with van der Waals surface area (Å²) in [5, 5.41) is 10.9. The number of primary amides is 1. The molecule has 1 unspecified atom stereocenters. The minimum atomic E-state index is -0.803. The minimum absolute atomic E-state index is 0.0395. The molecule has 1 aromatic heterocycles. The first-order valence-corrected chi connectivity index (χ1v) is 11.1. The summed E-state index contributed by atoms with van der Waals surface area (Å²) in [6, 6.07) is 6.82. The molecule has 9 heteroatoms. The summed E-state index contributed by atoms with van der Waals surface area (Å²) in [5.74, 6) is -0.820. The molecule has 3 rings (SSSR count). The number of amides is 3. The Balaban J connectivity index is 1.81. The van der Waals surface area contributed by atoms with Gasteiger partial charge in [-0.15, -0.1) is 0 Å². The summed E-state index contributed by atoms with van der Waals surface area (Å²) < 4.78 is 7.34. The van der Waals surface area contributed by atoms with Crippen molar-refractivity contribution >= 4 is 28.6 Å². The Morgan fingerprint density at radius 3 is 2.56 bits per heavy atom. The molecule has 1 aromatic carbocycles. The van der Waals surface area contributed by atoms with E-state index in [9.17, 15) is 14.4 Å². The number of hydrogen-bond donors (Lipinski definition) is 3. The van der Waals surface area contributed by atoms with E-state index in [4.69, 9.17) is 10.5 Å². The van der Waals surface area contributed by atoms with Crippen LogP contribution in [0.1, 0.15) is 50.5 Å². The average molecular weight is 444 g/mol. The Kier molecular flexibility index (Phi) is 7.50. The molecular formula is C23H33N5O4. The second kappa shape index (κ2) is 10.1. The maximum absolute atomic E-state index is 13.2. The summed E-state index contributed by atoms with van der Waals surface area (Å²) in [6.07, 6.45) is 1.97. The van der Waals surface area contributed by atoms with Gasteiger partial charge in [0.25, 0.3) is 5.91 Å². The predicted molar refractivity (Wildman–Crippen MR) is 121 cm³/mol. The van der Waals surface area contributed by atoms with Gasteiger partial charge in [0.1, 0.15) is 6.04 Å².